The highest BCUT2D eigenvalue weighted by atomic mass is 35.5. The third kappa shape index (κ3) is 5.11. The molecule has 0 aliphatic heterocycles. The molecule has 0 heterocycles. The van der Waals surface area contributed by atoms with Crippen molar-refractivity contribution < 1.29 is 19.1 Å². The fraction of sp³-hybridized carbons (Fsp3) is 0.273. The van der Waals surface area contributed by atoms with E-state index in [1.165, 1.54) is 0 Å². The van der Waals surface area contributed by atoms with E-state index in [1.807, 2.05) is 44.2 Å². The van der Waals surface area contributed by atoms with Crippen molar-refractivity contribution in [2.45, 2.75) is 20.1 Å². The summed E-state index contributed by atoms with van der Waals surface area (Å²) in [7, 11) is 0. The molecule has 0 bridgehead atoms. The molecular weight excluding hydrogens is 413 g/mol. The molecule has 152 valence electrons. The number of esters is 1. The van der Waals surface area contributed by atoms with E-state index in [1.54, 1.807) is 30.3 Å². The first-order valence-electron chi connectivity index (χ1n) is 9.09. The van der Waals surface area contributed by atoms with Gasteiger partial charge in [-0.25, -0.2) is 0 Å². The van der Waals surface area contributed by atoms with Crippen molar-refractivity contribution in [3.05, 3.63) is 70.7 Å². The van der Waals surface area contributed by atoms with Gasteiger partial charge in [0.05, 0.1) is 5.92 Å². The quantitative estimate of drug-likeness (QED) is 0.345. The Morgan fingerprint density at radius 3 is 2.45 bits per heavy atom. The zero-order valence-electron chi connectivity index (χ0n) is 16.0. The van der Waals surface area contributed by atoms with Gasteiger partial charge in [-0.05, 0) is 41.7 Å². The number of hydrogen-bond donors (Lipinski definition) is 1. The summed E-state index contributed by atoms with van der Waals surface area (Å²) in [5.41, 5.74) is 0.260. The zero-order chi connectivity index (χ0) is 21.0. The number of nitrogens with one attached hydrogen (secondary N) is 1. The van der Waals surface area contributed by atoms with Crippen molar-refractivity contribution in [2.75, 3.05) is 0 Å². The minimum Gasteiger partial charge on any atom is -0.457 e. The van der Waals surface area contributed by atoms with E-state index in [0.717, 1.165) is 0 Å². The van der Waals surface area contributed by atoms with Gasteiger partial charge in [-0.2, -0.15) is 0 Å². The summed E-state index contributed by atoms with van der Waals surface area (Å²) in [5, 5.41) is 2.54. The van der Waals surface area contributed by atoms with E-state index in [2.05, 4.69) is 5.32 Å². The van der Waals surface area contributed by atoms with Crippen LogP contribution in [0.25, 0.3) is 0 Å². The zero-order valence-corrected chi connectivity index (χ0v) is 17.5. The van der Waals surface area contributed by atoms with Gasteiger partial charge in [0.1, 0.15) is 16.0 Å². The Labute approximate surface area is 179 Å². The highest BCUT2D eigenvalue weighted by molar-refractivity contribution is 6.55. The van der Waals surface area contributed by atoms with E-state index in [-0.39, 0.29) is 15.8 Å². The summed E-state index contributed by atoms with van der Waals surface area (Å²) in [4.78, 5) is 23.8. The number of para-hydroxylation sites is 1. The fourth-order valence-corrected chi connectivity index (χ4v) is 3.66. The van der Waals surface area contributed by atoms with E-state index in [0.29, 0.717) is 23.5 Å². The van der Waals surface area contributed by atoms with Gasteiger partial charge in [-0.3, -0.25) is 9.59 Å². The largest absolute Gasteiger partial charge is 0.457 e. The number of rotatable bonds is 8. The van der Waals surface area contributed by atoms with Gasteiger partial charge in [-0.15, -0.1) is 0 Å². The lowest BCUT2D eigenvalue weighted by atomic mass is 10.1. The number of benzene rings is 2. The highest BCUT2D eigenvalue weighted by Gasteiger charge is 2.62. The molecule has 3 atom stereocenters. The molecule has 0 radical (unpaired) electrons. The molecule has 2 aromatic rings. The number of amides is 1. The fourth-order valence-electron chi connectivity index (χ4n) is 3.39. The number of carbonyl (C=O) groups excluding carboxylic acids is 2. The van der Waals surface area contributed by atoms with E-state index in [9.17, 15) is 9.59 Å². The minimum absolute atomic E-state index is 0.117. The third-order valence-electron chi connectivity index (χ3n) is 5.06. The monoisotopic (exact) mass is 433 g/mol. The molecule has 0 saturated heterocycles. The standard InChI is InChI=1S/C22H21Cl2NO4/c1-22(2)17(12-18(23)24)19(22)21(27)29-20(25-13-26)14-7-6-10-16(11-14)28-15-8-4-3-5-9-15/h3-13,17,19-20H,1-2H3,(H,25,26)/t17-,19-,20+/m0/s1. The second-order valence-electron chi connectivity index (χ2n) is 7.37. The first kappa shape index (κ1) is 21.2. The smallest absolute Gasteiger partial charge is 0.312 e. The van der Waals surface area contributed by atoms with Crippen LogP contribution in [-0.2, 0) is 14.3 Å². The van der Waals surface area contributed by atoms with Crippen LogP contribution in [0, 0.1) is 17.3 Å². The molecule has 0 unspecified atom stereocenters. The second kappa shape index (κ2) is 8.89. The van der Waals surface area contributed by atoms with E-state index in [4.69, 9.17) is 32.7 Å². The summed E-state index contributed by atoms with van der Waals surface area (Å²) >= 11 is 11.5. The van der Waals surface area contributed by atoms with Gasteiger partial charge in [0.25, 0.3) is 0 Å². The molecule has 0 aromatic heterocycles. The number of hydrogen-bond acceptors (Lipinski definition) is 4. The van der Waals surface area contributed by atoms with Crippen molar-refractivity contribution in [3.8, 4) is 11.5 Å². The predicted octanol–water partition coefficient (Wildman–Crippen LogP) is 5.36. The highest BCUT2D eigenvalue weighted by Crippen LogP contribution is 2.60. The van der Waals surface area contributed by atoms with Crippen LogP contribution in [0.1, 0.15) is 25.6 Å². The maximum absolute atomic E-state index is 12.7. The van der Waals surface area contributed by atoms with Gasteiger partial charge < -0.3 is 14.8 Å². The molecule has 5 nitrogen and oxygen atoms in total. The average Bonchev–Trinajstić information content (AvgIpc) is 3.21. The molecule has 1 N–H and O–H groups in total. The van der Waals surface area contributed by atoms with Crippen LogP contribution < -0.4 is 10.1 Å². The molecule has 1 fully saturated rings. The number of carbonyl (C=O) groups is 2. The molecule has 1 saturated carbocycles. The van der Waals surface area contributed by atoms with Crippen molar-refractivity contribution in [1.82, 2.24) is 5.32 Å². The Balaban J connectivity index is 1.75. The Morgan fingerprint density at radius 1 is 1.10 bits per heavy atom. The third-order valence-corrected chi connectivity index (χ3v) is 5.32. The minimum atomic E-state index is -0.938. The van der Waals surface area contributed by atoms with Crippen molar-refractivity contribution >= 4 is 35.6 Å². The number of ether oxygens (including phenoxy) is 2. The molecular formula is C22H21Cl2NO4. The van der Waals surface area contributed by atoms with Crippen LogP contribution in [0.3, 0.4) is 0 Å². The van der Waals surface area contributed by atoms with Gasteiger partial charge >= 0.3 is 5.97 Å². The lowest BCUT2D eigenvalue weighted by molar-refractivity contribution is -0.154. The van der Waals surface area contributed by atoms with Crippen LogP contribution in [0.15, 0.2) is 65.2 Å². The second-order valence-corrected chi connectivity index (χ2v) is 8.38. The normalized spacial score (nSPS) is 20.1. The van der Waals surface area contributed by atoms with Gasteiger partial charge in [-0.1, -0.05) is 67.4 Å². The Hall–Kier alpha value is -2.50. The first-order chi connectivity index (χ1) is 13.8. The Bertz CT molecular complexity index is 910. The first-order valence-corrected chi connectivity index (χ1v) is 9.84. The van der Waals surface area contributed by atoms with Crippen LogP contribution in [0.2, 0.25) is 0 Å². The van der Waals surface area contributed by atoms with Gasteiger partial charge in [0.15, 0.2) is 0 Å². The van der Waals surface area contributed by atoms with E-state index < -0.39 is 18.1 Å². The molecule has 0 spiro atoms. The molecule has 7 heteroatoms. The van der Waals surface area contributed by atoms with Crippen LogP contribution in [-0.4, -0.2) is 12.4 Å². The summed E-state index contributed by atoms with van der Waals surface area (Å²) in [6, 6.07) is 16.3. The number of halogens is 2. The van der Waals surface area contributed by atoms with Gasteiger partial charge in [0.2, 0.25) is 12.6 Å². The lowest BCUT2D eigenvalue weighted by Gasteiger charge is -2.18. The topological polar surface area (TPSA) is 64.6 Å². The number of allylic oxidation sites excluding steroid dienone is 1. The molecule has 3 rings (SSSR count). The Kier molecular flexibility index (Phi) is 6.50. The molecule has 29 heavy (non-hydrogen) atoms. The molecule has 1 aliphatic carbocycles. The summed E-state index contributed by atoms with van der Waals surface area (Å²) < 4.78 is 11.5. The molecule has 1 aliphatic rings. The predicted molar refractivity (Wildman–Crippen MR) is 112 cm³/mol. The van der Waals surface area contributed by atoms with E-state index >= 15 is 0 Å². The van der Waals surface area contributed by atoms with Crippen molar-refractivity contribution in [2.24, 2.45) is 17.3 Å². The van der Waals surface area contributed by atoms with Crippen molar-refractivity contribution in [3.63, 3.8) is 0 Å². The summed E-state index contributed by atoms with van der Waals surface area (Å²) in [6.07, 6.45) is 1.20. The summed E-state index contributed by atoms with van der Waals surface area (Å²) in [5.74, 6) is 0.289. The molecule has 2 aromatic carbocycles. The lowest BCUT2D eigenvalue weighted by Crippen LogP contribution is -2.26. The maximum atomic E-state index is 12.7. The van der Waals surface area contributed by atoms with Crippen LogP contribution in [0.4, 0.5) is 0 Å². The van der Waals surface area contributed by atoms with Crippen molar-refractivity contribution in [1.29, 1.82) is 0 Å². The maximum Gasteiger partial charge on any atom is 0.312 e. The van der Waals surface area contributed by atoms with Gasteiger partial charge in [0, 0.05) is 5.56 Å². The SMILES string of the molecule is CC1(C)[C@H](C(=O)O[C@@H](NC=O)c2cccc(Oc3ccccc3)c2)[C@@H]1C=C(Cl)Cl. The molecule has 1 amide bonds. The average molecular weight is 434 g/mol. The Morgan fingerprint density at radius 2 is 1.79 bits per heavy atom. The van der Waals surface area contributed by atoms with Crippen LogP contribution >= 0.6 is 23.2 Å². The van der Waals surface area contributed by atoms with Crippen LogP contribution in [0.5, 0.6) is 11.5 Å². The summed E-state index contributed by atoms with van der Waals surface area (Å²) in [6.45, 7) is 3.88.